The van der Waals surface area contributed by atoms with Crippen LogP contribution < -0.4 is 4.74 Å². The Hall–Kier alpha value is -1.93. The van der Waals surface area contributed by atoms with Crippen molar-refractivity contribution in [3.05, 3.63) is 43.0 Å². The molecule has 0 radical (unpaired) electrons. The van der Waals surface area contributed by atoms with Crippen molar-refractivity contribution in [2.75, 3.05) is 59.5 Å². The molecule has 0 unspecified atom stereocenters. The molecule has 0 amide bonds. The van der Waals surface area contributed by atoms with Crippen molar-refractivity contribution in [2.45, 2.75) is 51.9 Å². The maximum absolute atomic E-state index is 9.25. The Morgan fingerprint density at radius 1 is 0.727 bits per heavy atom. The monoisotopic (exact) mass is 468 g/mol. The highest BCUT2D eigenvalue weighted by molar-refractivity contribution is 5.78. The van der Waals surface area contributed by atoms with Gasteiger partial charge in [0.2, 0.25) is 0 Å². The van der Waals surface area contributed by atoms with Crippen molar-refractivity contribution in [3.8, 4) is 5.75 Å². The van der Waals surface area contributed by atoms with Gasteiger partial charge in [0.15, 0.2) is 0 Å². The Morgan fingerprint density at radius 2 is 1.15 bits per heavy atom. The number of rotatable bonds is 22. The quantitative estimate of drug-likeness (QED) is 0.186. The third-order valence-electron chi connectivity index (χ3n) is 4.42. The number of para-hydroxylation sites is 1. The highest BCUT2D eigenvalue weighted by Crippen LogP contribution is 2.08. The van der Waals surface area contributed by atoms with E-state index in [0.717, 1.165) is 24.9 Å². The molecule has 1 N–H and O–H groups in total. The van der Waals surface area contributed by atoms with Crippen molar-refractivity contribution in [2.24, 2.45) is 0 Å². The molecule has 0 aromatic heterocycles. The molecule has 1 aromatic rings. The van der Waals surface area contributed by atoms with Crippen LogP contribution in [0.4, 0.5) is 0 Å². The Kier molecular flexibility index (Phi) is 24.8. The number of aliphatic carboxylic acids is 1. The van der Waals surface area contributed by atoms with E-state index in [9.17, 15) is 4.79 Å². The van der Waals surface area contributed by atoms with Crippen molar-refractivity contribution in [3.63, 3.8) is 0 Å². The molecule has 33 heavy (non-hydrogen) atoms. The minimum absolute atomic E-state index is 0.548. The summed E-state index contributed by atoms with van der Waals surface area (Å²) < 4.78 is 27.5. The van der Waals surface area contributed by atoms with Crippen molar-refractivity contribution < 1.29 is 33.6 Å². The molecule has 0 aliphatic heterocycles. The second-order valence-electron chi connectivity index (χ2n) is 7.27. The molecule has 7 nitrogen and oxygen atoms in total. The summed E-state index contributed by atoms with van der Waals surface area (Å²) in [4.78, 5) is 9.25. The summed E-state index contributed by atoms with van der Waals surface area (Å²) in [6, 6.07) is 9.74. The van der Waals surface area contributed by atoms with Crippen molar-refractivity contribution in [1.82, 2.24) is 0 Å². The summed E-state index contributed by atoms with van der Waals surface area (Å²) in [6.07, 6.45) is 10.0. The van der Waals surface area contributed by atoms with Gasteiger partial charge in [-0.05, 0) is 18.6 Å². The predicted molar refractivity (Wildman–Crippen MR) is 131 cm³/mol. The van der Waals surface area contributed by atoms with E-state index in [1.165, 1.54) is 38.5 Å². The second-order valence-corrected chi connectivity index (χ2v) is 7.27. The van der Waals surface area contributed by atoms with Gasteiger partial charge in [0.05, 0.1) is 46.2 Å². The number of ether oxygens (including phenoxy) is 5. The molecule has 1 rings (SSSR count). The first-order valence-corrected chi connectivity index (χ1v) is 12.0. The fourth-order valence-electron chi connectivity index (χ4n) is 2.66. The first kappa shape index (κ1) is 31.1. The average molecular weight is 469 g/mol. The Labute approximate surface area is 200 Å². The summed E-state index contributed by atoms with van der Waals surface area (Å²) in [6.45, 7) is 10.8. The van der Waals surface area contributed by atoms with Gasteiger partial charge in [-0.25, -0.2) is 4.79 Å². The number of unbranched alkanes of at least 4 members (excludes halogenated alkanes) is 6. The van der Waals surface area contributed by atoms with Crippen LogP contribution in [0.1, 0.15) is 51.9 Å². The lowest BCUT2D eigenvalue weighted by Gasteiger charge is -2.08. The lowest BCUT2D eigenvalue weighted by molar-refractivity contribution is -0.131. The molecule has 0 heterocycles. The number of benzene rings is 1. The molecule has 190 valence electrons. The maximum atomic E-state index is 9.25. The lowest BCUT2D eigenvalue weighted by Crippen LogP contribution is -2.13. The van der Waals surface area contributed by atoms with Crippen LogP contribution in [0.3, 0.4) is 0 Å². The molecule has 0 spiro atoms. The van der Waals surface area contributed by atoms with Crippen molar-refractivity contribution in [1.29, 1.82) is 0 Å². The minimum Gasteiger partial charge on any atom is -0.491 e. The molecule has 0 fully saturated rings. The van der Waals surface area contributed by atoms with Gasteiger partial charge in [0.1, 0.15) is 12.4 Å². The van der Waals surface area contributed by atoms with E-state index >= 15 is 0 Å². The molecule has 7 heteroatoms. The largest absolute Gasteiger partial charge is 0.491 e. The zero-order chi connectivity index (χ0) is 24.2. The highest BCUT2D eigenvalue weighted by Gasteiger charge is 1.95. The third-order valence-corrected chi connectivity index (χ3v) is 4.42. The predicted octanol–water partition coefficient (Wildman–Crippen LogP) is 5.14. The van der Waals surface area contributed by atoms with Gasteiger partial charge in [-0.15, -0.1) is 0 Å². The van der Waals surface area contributed by atoms with E-state index < -0.39 is 5.97 Å². The lowest BCUT2D eigenvalue weighted by atomic mass is 10.1. The normalized spacial score (nSPS) is 10.3. The summed E-state index contributed by atoms with van der Waals surface area (Å²) in [5.74, 6) is -0.115. The van der Waals surface area contributed by atoms with Gasteiger partial charge >= 0.3 is 5.97 Å². The van der Waals surface area contributed by atoms with Crippen molar-refractivity contribution >= 4 is 5.97 Å². The number of carbonyl (C=O) groups is 1. The maximum Gasteiger partial charge on any atom is 0.327 e. The van der Waals surface area contributed by atoms with E-state index in [4.69, 9.17) is 28.8 Å². The fourth-order valence-corrected chi connectivity index (χ4v) is 2.66. The first-order valence-electron chi connectivity index (χ1n) is 12.0. The number of carboxylic acids is 1. The first-order chi connectivity index (χ1) is 16.2. The third kappa shape index (κ3) is 26.2. The molecule has 0 aliphatic carbocycles. The average Bonchev–Trinajstić information content (AvgIpc) is 2.84. The highest BCUT2D eigenvalue weighted by atomic mass is 16.6. The van der Waals surface area contributed by atoms with Crippen LogP contribution in [0.2, 0.25) is 0 Å². The van der Waals surface area contributed by atoms with Gasteiger partial charge in [0.25, 0.3) is 0 Å². The number of hydrogen-bond donors (Lipinski definition) is 1. The molecule has 0 aliphatic rings. The van der Waals surface area contributed by atoms with E-state index in [0.29, 0.717) is 52.9 Å². The van der Waals surface area contributed by atoms with Gasteiger partial charge < -0.3 is 28.8 Å². The van der Waals surface area contributed by atoms with Gasteiger partial charge in [0, 0.05) is 12.7 Å². The topological polar surface area (TPSA) is 83.5 Å². The Morgan fingerprint density at radius 3 is 1.64 bits per heavy atom. The molecule has 0 saturated heterocycles. The summed E-state index contributed by atoms with van der Waals surface area (Å²) in [5, 5.41) is 7.60. The minimum atomic E-state index is -0.981. The fraction of sp³-hybridized carbons (Fsp3) is 0.654. The molecule has 0 saturated carbocycles. The molecule has 0 bridgehead atoms. The summed E-state index contributed by atoms with van der Waals surface area (Å²) in [7, 11) is 0. The smallest absolute Gasteiger partial charge is 0.327 e. The summed E-state index contributed by atoms with van der Waals surface area (Å²) in [5.41, 5.74) is 0. The van der Waals surface area contributed by atoms with Crippen LogP contribution in [0, 0.1) is 0 Å². The van der Waals surface area contributed by atoms with E-state index in [2.05, 4.69) is 13.5 Å². The van der Waals surface area contributed by atoms with Crippen LogP contribution in [-0.2, 0) is 23.7 Å². The zero-order valence-corrected chi connectivity index (χ0v) is 20.4. The van der Waals surface area contributed by atoms with Crippen LogP contribution in [0.25, 0.3) is 0 Å². The Bertz CT molecular complexity index is 537. The van der Waals surface area contributed by atoms with Crippen LogP contribution in [0.5, 0.6) is 5.75 Å². The molecule has 0 atom stereocenters. The van der Waals surface area contributed by atoms with E-state index in [1.54, 1.807) is 0 Å². The standard InChI is InChI=1S/C23H40O5.C3H4O2/c1-2-3-4-5-6-7-11-14-24-15-16-25-17-18-26-19-20-27-21-22-28-23-12-9-8-10-13-23;1-2-3(4)5/h8-10,12-13H,2-7,11,14-22H2,1H3;2H,1H2,(H,4,5). The van der Waals surface area contributed by atoms with Crippen LogP contribution in [0.15, 0.2) is 43.0 Å². The van der Waals surface area contributed by atoms with Crippen LogP contribution >= 0.6 is 0 Å². The SMILES string of the molecule is C=CC(=O)O.CCCCCCCCCOCCOCCOCCOCCOc1ccccc1. The van der Waals surface area contributed by atoms with Crippen LogP contribution in [-0.4, -0.2) is 70.5 Å². The Balaban J connectivity index is 0.00000184. The van der Waals surface area contributed by atoms with Gasteiger partial charge in [-0.1, -0.05) is 70.2 Å². The zero-order valence-electron chi connectivity index (χ0n) is 20.4. The number of hydrogen-bond acceptors (Lipinski definition) is 6. The molecular weight excluding hydrogens is 424 g/mol. The summed E-state index contributed by atoms with van der Waals surface area (Å²) >= 11 is 0. The number of carboxylic acid groups (broad SMARTS) is 1. The van der Waals surface area contributed by atoms with E-state index in [1.807, 2.05) is 30.3 Å². The van der Waals surface area contributed by atoms with Gasteiger partial charge in [-0.2, -0.15) is 0 Å². The van der Waals surface area contributed by atoms with Gasteiger partial charge in [-0.3, -0.25) is 0 Å². The van der Waals surface area contributed by atoms with E-state index in [-0.39, 0.29) is 0 Å². The molecular formula is C26H44O7. The second kappa shape index (κ2) is 26.3. The molecule has 1 aromatic carbocycles.